The molecule has 130 valence electrons. The smallest absolute Gasteiger partial charge is 0.310 e. The highest BCUT2D eigenvalue weighted by Crippen LogP contribution is 2.51. The van der Waals surface area contributed by atoms with Gasteiger partial charge in [0.15, 0.2) is 0 Å². The van der Waals surface area contributed by atoms with Gasteiger partial charge >= 0.3 is 5.97 Å². The van der Waals surface area contributed by atoms with E-state index in [2.05, 4.69) is 5.32 Å². The highest BCUT2D eigenvalue weighted by atomic mass is 16.9. The van der Waals surface area contributed by atoms with E-state index in [1.165, 1.54) is 14.2 Å². The van der Waals surface area contributed by atoms with E-state index < -0.39 is 48.2 Å². The Labute approximate surface area is 133 Å². The summed E-state index contributed by atoms with van der Waals surface area (Å²) in [6.07, 6.45) is -2.50. The topological polar surface area (TPSA) is 113 Å². The van der Waals surface area contributed by atoms with Crippen LogP contribution in [0.5, 0.6) is 0 Å². The lowest BCUT2D eigenvalue weighted by Gasteiger charge is -2.29. The van der Waals surface area contributed by atoms with Crippen LogP contribution in [0.3, 0.4) is 0 Å². The first-order chi connectivity index (χ1) is 10.9. The highest BCUT2D eigenvalue weighted by Gasteiger charge is 2.70. The number of hydrogen-bond acceptors (Lipinski definition) is 7. The van der Waals surface area contributed by atoms with E-state index >= 15 is 0 Å². The molecule has 0 aromatic rings. The van der Waals surface area contributed by atoms with E-state index in [4.69, 9.17) is 23.7 Å². The average Bonchev–Trinajstić information content (AvgIpc) is 3.14. The molecule has 3 fully saturated rings. The van der Waals surface area contributed by atoms with E-state index in [9.17, 15) is 14.7 Å². The second-order valence-corrected chi connectivity index (χ2v) is 5.97. The molecule has 9 nitrogen and oxygen atoms in total. The molecule has 0 aromatic heterocycles. The number of aliphatic carboxylic acids is 1. The summed E-state index contributed by atoms with van der Waals surface area (Å²) in [4.78, 5) is 24.1. The van der Waals surface area contributed by atoms with E-state index in [0.717, 1.165) is 0 Å². The van der Waals surface area contributed by atoms with Crippen molar-refractivity contribution in [1.29, 1.82) is 0 Å². The Morgan fingerprint density at radius 3 is 2.26 bits per heavy atom. The number of ether oxygens (including phenoxy) is 5. The molecule has 0 aliphatic carbocycles. The van der Waals surface area contributed by atoms with Crippen molar-refractivity contribution in [2.75, 3.05) is 27.4 Å². The molecule has 2 bridgehead atoms. The molecule has 0 radical (unpaired) electrons. The Kier molecular flexibility index (Phi) is 4.32. The molecule has 0 saturated carbocycles. The van der Waals surface area contributed by atoms with Crippen LogP contribution in [0.2, 0.25) is 0 Å². The van der Waals surface area contributed by atoms with Gasteiger partial charge in [-0.05, 0) is 0 Å². The Morgan fingerprint density at radius 2 is 1.74 bits per heavy atom. The average molecular weight is 331 g/mol. The number of carbonyl (C=O) groups is 2. The number of fused-ring (bicyclic) bond motifs is 5. The van der Waals surface area contributed by atoms with Crippen molar-refractivity contribution in [1.82, 2.24) is 5.32 Å². The number of methoxy groups -OCH3 is 2. The summed E-state index contributed by atoms with van der Waals surface area (Å²) in [6, 6.07) is 0. The molecule has 9 heteroatoms. The number of amides is 1. The third-order valence-electron chi connectivity index (χ3n) is 4.64. The number of carbonyl (C=O) groups excluding carboxylic acids is 1. The summed E-state index contributed by atoms with van der Waals surface area (Å²) in [5.41, 5.74) is 0. The fourth-order valence-corrected chi connectivity index (χ4v) is 3.58. The van der Waals surface area contributed by atoms with Crippen LogP contribution in [0.15, 0.2) is 0 Å². The second-order valence-electron chi connectivity index (χ2n) is 5.97. The Morgan fingerprint density at radius 1 is 1.13 bits per heavy atom. The first-order valence-electron chi connectivity index (χ1n) is 7.47. The van der Waals surface area contributed by atoms with Crippen LogP contribution in [-0.4, -0.2) is 74.7 Å². The molecule has 3 heterocycles. The molecule has 2 N–H and O–H groups in total. The molecular weight excluding hydrogens is 310 g/mol. The number of carboxylic acids is 1. The molecule has 3 saturated heterocycles. The zero-order valence-corrected chi connectivity index (χ0v) is 13.2. The van der Waals surface area contributed by atoms with Crippen molar-refractivity contribution in [2.24, 2.45) is 11.8 Å². The fourth-order valence-electron chi connectivity index (χ4n) is 3.58. The summed E-state index contributed by atoms with van der Waals surface area (Å²) in [7, 11) is 2.96. The van der Waals surface area contributed by atoms with Crippen LogP contribution >= 0.6 is 0 Å². The SMILES string of the molecule is COCCNC(=O)C1C2O[C@@H](C1C(=O)O)[C@H]1OC(C)(OC)OC21. The van der Waals surface area contributed by atoms with Gasteiger partial charge in [-0.15, -0.1) is 0 Å². The molecule has 3 aliphatic rings. The maximum absolute atomic E-state index is 12.4. The van der Waals surface area contributed by atoms with E-state index in [0.29, 0.717) is 13.2 Å². The van der Waals surface area contributed by atoms with E-state index in [1.54, 1.807) is 6.92 Å². The van der Waals surface area contributed by atoms with Gasteiger partial charge < -0.3 is 34.1 Å². The minimum atomic E-state index is -1.25. The summed E-state index contributed by atoms with van der Waals surface area (Å²) < 4.78 is 27.2. The molecule has 0 spiro atoms. The van der Waals surface area contributed by atoms with Crippen LogP contribution in [0.25, 0.3) is 0 Å². The van der Waals surface area contributed by atoms with Crippen LogP contribution < -0.4 is 5.32 Å². The maximum atomic E-state index is 12.4. The summed E-state index contributed by atoms with van der Waals surface area (Å²) >= 11 is 0. The number of carboxylic acid groups (broad SMARTS) is 1. The number of nitrogens with one attached hydrogen (secondary N) is 1. The highest BCUT2D eigenvalue weighted by molar-refractivity contribution is 5.87. The quantitative estimate of drug-likeness (QED) is 0.593. The predicted molar refractivity (Wildman–Crippen MR) is 73.3 cm³/mol. The monoisotopic (exact) mass is 331 g/mol. The van der Waals surface area contributed by atoms with Gasteiger partial charge in [0.1, 0.15) is 18.3 Å². The fraction of sp³-hybridized carbons (Fsp3) is 0.857. The minimum Gasteiger partial charge on any atom is -0.481 e. The lowest BCUT2D eigenvalue weighted by molar-refractivity contribution is -0.330. The Hall–Kier alpha value is -1.26. The molecule has 3 aliphatic heterocycles. The lowest BCUT2D eigenvalue weighted by Crippen LogP contribution is -2.53. The van der Waals surface area contributed by atoms with Crippen LogP contribution in [0.1, 0.15) is 6.92 Å². The Bertz CT molecular complexity index is 499. The number of hydrogen-bond donors (Lipinski definition) is 2. The van der Waals surface area contributed by atoms with Crippen molar-refractivity contribution < 1.29 is 38.4 Å². The summed E-state index contributed by atoms with van der Waals surface area (Å²) in [5, 5.41) is 12.2. The Balaban J connectivity index is 1.78. The van der Waals surface area contributed by atoms with Crippen molar-refractivity contribution >= 4 is 11.9 Å². The molecular formula is C14H21NO8. The second kappa shape index (κ2) is 5.99. The summed E-state index contributed by atoms with van der Waals surface area (Å²) in [6.45, 7) is 2.25. The van der Waals surface area contributed by atoms with Crippen molar-refractivity contribution in [3.8, 4) is 0 Å². The van der Waals surface area contributed by atoms with Crippen LogP contribution in [0.4, 0.5) is 0 Å². The first-order valence-corrected chi connectivity index (χ1v) is 7.47. The van der Waals surface area contributed by atoms with E-state index in [1.807, 2.05) is 0 Å². The van der Waals surface area contributed by atoms with Gasteiger partial charge in [-0.1, -0.05) is 0 Å². The van der Waals surface area contributed by atoms with Gasteiger partial charge in [0.25, 0.3) is 5.97 Å². The van der Waals surface area contributed by atoms with Crippen LogP contribution in [-0.2, 0) is 33.3 Å². The molecule has 1 amide bonds. The predicted octanol–water partition coefficient (Wildman–Crippen LogP) is -1.05. The molecule has 5 unspecified atom stereocenters. The minimum absolute atomic E-state index is 0.302. The van der Waals surface area contributed by atoms with E-state index in [-0.39, 0.29) is 5.91 Å². The molecule has 23 heavy (non-hydrogen) atoms. The zero-order valence-electron chi connectivity index (χ0n) is 13.2. The molecule has 3 rings (SSSR count). The van der Waals surface area contributed by atoms with Crippen molar-refractivity contribution in [3.63, 3.8) is 0 Å². The normalized spacial score (nSPS) is 44.3. The van der Waals surface area contributed by atoms with Crippen molar-refractivity contribution in [2.45, 2.75) is 37.3 Å². The van der Waals surface area contributed by atoms with Gasteiger partial charge in [-0.3, -0.25) is 9.59 Å². The molecule has 7 atom stereocenters. The van der Waals surface area contributed by atoms with Crippen LogP contribution in [0, 0.1) is 11.8 Å². The maximum Gasteiger partial charge on any atom is 0.310 e. The van der Waals surface area contributed by atoms with Crippen molar-refractivity contribution in [3.05, 3.63) is 0 Å². The van der Waals surface area contributed by atoms with Gasteiger partial charge in [-0.2, -0.15) is 0 Å². The van der Waals surface area contributed by atoms with Gasteiger partial charge in [-0.25, -0.2) is 0 Å². The largest absolute Gasteiger partial charge is 0.481 e. The molecule has 0 aromatic carbocycles. The first kappa shape index (κ1) is 16.6. The summed E-state index contributed by atoms with van der Waals surface area (Å²) in [5.74, 6) is -4.53. The third kappa shape index (κ3) is 2.62. The van der Waals surface area contributed by atoms with Gasteiger partial charge in [0.05, 0.1) is 24.5 Å². The number of rotatable bonds is 6. The standard InChI is InChI=1S/C14H21NO8/c1-14(20-3)22-10-8-6(12(16)15-4-5-19-2)7(13(17)18)9(21-8)11(10)23-14/h6-11H,4-5H2,1-3H3,(H,15,16)(H,17,18)/t6?,7?,8?,9-,10?,11+,14?/m0/s1. The van der Waals surface area contributed by atoms with Gasteiger partial charge in [0.2, 0.25) is 5.91 Å². The van der Waals surface area contributed by atoms with Gasteiger partial charge in [0, 0.05) is 27.7 Å². The lowest BCUT2D eigenvalue weighted by atomic mass is 9.76. The zero-order chi connectivity index (χ0) is 16.8. The third-order valence-corrected chi connectivity index (χ3v) is 4.64.